The van der Waals surface area contributed by atoms with Gasteiger partial charge in [0.1, 0.15) is 5.82 Å². The number of ether oxygens (including phenoxy) is 1. The molecular formula is C14H16FN3O3S. The first kappa shape index (κ1) is 16.2. The van der Waals surface area contributed by atoms with Crippen LogP contribution in [0.15, 0.2) is 24.3 Å². The van der Waals surface area contributed by atoms with Crippen molar-refractivity contribution >= 4 is 15.7 Å². The summed E-state index contributed by atoms with van der Waals surface area (Å²) in [6, 6.07) is 5.48. The SMILES string of the molecule is COc1nc(C)c(NS(=O)(=O)Cc2ccc(F)cc2)c(C)n1. The molecule has 1 N–H and O–H groups in total. The average Bonchev–Trinajstić information content (AvgIpc) is 2.45. The van der Waals surface area contributed by atoms with Gasteiger partial charge in [0.15, 0.2) is 0 Å². The van der Waals surface area contributed by atoms with Gasteiger partial charge in [0.05, 0.1) is 29.9 Å². The number of nitrogens with zero attached hydrogens (tertiary/aromatic N) is 2. The lowest BCUT2D eigenvalue weighted by atomic mass is 10.2. The number of rotatable bonds is 5. The number of sulfonamides is 1. The van der Waals surface area contributed by atoms with E-state index in [9.17, 15) is 12.8 Å². The summed E-state index contributed by atoms with van der Waals surface area (Å²) in [5.74, 6) is -0.678. The quantitative estimate of drug-likeness (QED) is 0.911. The predicted octanol–water partition coefficient (Wildman–Crippen LogP) is 2.18. The smallest absolute Gasteiger partial charge is 0.316 e. The lowest BCUT2D eigenvalue weighted by Crippen LogP contribution is -2.17. The number of hydrogen-bond acceptors (Lipinski definition) is 5. The van der Waals surface area contributed by atoms with Crippen molar-refractivity contribution in [3.8, 4) is 6.01 Å². The second-order valence-electron chi connectivity index (χ2n) is 4.74. The Morgan fingerprint density at radius 3 is 2.18 bits per heavy atom. The number of methoxy groups -OCH3 is 1. The molecule has 0 radical (unpaired) electrons. The Bertz CT molecular complexity index is 753. The van der Waals surface area contributed by atoms with Crippen molar-refractivity contribution in [1.29, 1.82) is 0 Å². The molecule has 1 heterocycles. The van der Waals surface area contributed by atoms with Crippen LogP contribution in [0.25, 0.3) is 0 Å². The maximum absolute atomic E-state index is 12.9. The van der Waals surface area contributed by atoms with Crippen LogP contribution in [0.2, 0.25) is 0 Å². The van der Waals surface area contributed by atoms with E-state index >= 15 is 0 Å². The number of aromatic nitrogens is 2. The second kappa shape index (κ2) is 6.27. The van der Waals surface area contributed by atoms with Gasteiger partial charge < -0.3 is 4.74 Å². The molecule has 0 aliphatic carbocycles. The molecule has 0 aliphatic heterocycles. The average molecular weight is 325 g/mol. The number of benzene rings is 1. The Balaban J connectivity index is 2.23. The molecule has 0 bridgehead atoms. The molecule has 118 valence electrons. The molecule has 0 unspecified atom stereocenters. The Kier molecular flexibility index (Phi) is 4.60. The largest absolute Gasteiger partial charge is 0.467 e. The summed E-state index contributed by atoms with van der Waals surface area (Å²) in [4.78, 5) is 8.09. The van der Waals surface area contributed by atoms with Crippen molar-refractivity contribution in [2.75, 3.05) is 11.8 Å². The van der Waals surface area contributed by atoms with Crippen molar-refractivity contribution in [3.63, 3.8) is 0 Å². The summed E-state index contributed by atoms with van der Waals surface area (Å²) in [6.45, 7) is 3.32. The normalized spacial score (nSPS) is 11.3. The minimum atomic E-state index is -3.66. The van der Waals surface area contributed by atoms with Crippen LogP contribution in [0.4, 0.5) is 10.1 Å². The maximum Gasteiger partial charge on any atom is 0.316 e. The highest BCUT2D eigenvalue weighted by molar-refractivity contribution is 7.91. The van der Waals surface area contributed by atoms with Crippen molar-refractivity contribution in [2.45, 2.75) is 19.6 Å². The highest BCUT2D eigenvalue weighted by atomic mass is 32.2. The van der Waals surface area contributed by atoms with E-state index in [-0.39, 0.29) is 11.8 Å². The summed E-state index contributed by atoms with van der Waals surface area (Å²) in [5, 5.41) is 0. The molecule has 0 aliphatic rings. The molecule has 8 heteroatoms. The minimum absolute atomic E-state index is 0.177. The zero-order valence-electron chi connectivity index (χ0n) is 12.4. The maximum atomic E-state index is 12.9. The third-order valence-electron chi connectivity index (χ3n) is 2.96. The highest BCUT2D eigenvalue weighted by Gasteiger charge is 2.17. The fourth-order valence-corrected chi connectivity index (χ4v) is 3.23. The molecule has 0 saturated heterocycles. The summed E-state index contributed by atoms with van der Waals surface area (Å²) >= 11 is 0. The standard InChI is InChI=1S/C14H16FN3O3S/c1-9-13(10(2)17-14(16-9)21-3)18-22(19,20)8-11-4-6-12(15)7-5-11/h4-7,18H,8H2,1-3H3. The van der Waals surface area contributed by atoms with Gasteiger partial charge in [-0.1, -0.05) is 12.1 Å². The van der Waals surface area contributed by atoms with Gasteiger partial charge in [-0.3, -0.25) is 4.72 Å². The first-order valence-corrected chi connectivity index (χ1v) is 8.10. The lowest BCUT2D eigenvalue weighted by Gasteiger charge is -2.13. The molecule has 1 aromatic carbocycles. The molecule has 0 amide bonds. The van der Waals surface area contributed by atoms with Crippen LogP contribution in [0.3, 0.4) is 0 Å². The highest BCUT2D eigenvalue weighted by Crippen LogP contribution is 2.21. The molecule has 0 fully saturated rings. The van der Waals surface area contributed by atoms with Gasteiger partial charge in [0, 0.05) is 0 Å². The van der Waals surface area contributed by atoms with Crippen molar-refractivity contribution in [1.82, 2.24) is 9.97 Å². The van der Waals surface area contributed by atoms with Crippen LogP contribution in [-0.2, 0) is 15.8 Å². The molecule has 6 nitrogen and oxygen atoms in total. The van der Waals surface area contributed by atoms with E-state index in [1.807, 2.05) is 0 Å². The third-order valence-corrected chi connectivity index (χ3v) is 4.19. The van der Waals surface area contributed by atoms with Gasteiger partial charge in [-0.05, 0) is 31.5 Å². The van der Waals surface area contributed by atoms with Crippen LogP contribution < -0.4 is 9.46 Å². The fraction of sp³-hybridized carbons (Fsp3) is 0.286. The number of aryl methyl sites for hydroxylation is 2. The van der Waals surface area contributed by atoms with E-state index in [4.69, 9.17) is 4.74 Å². The van der Waals surface area contributed by atoms with E-state index in [0.717, 1.165) is 0 Å². The van der Waals surface area contributed by atoms with Gasteiger partial charge in [-0.15, -0.1) is 0 Å². The zero-order chi connectivity index (χ0) is 16.3. The van der Waals surface area contributed by atoms with E-state index in [1.165, 1.54) is 31.4 Å². The Hall–Kier alpha value is -2.22. The van der Waals surface area contributed by atoms with Crippen molar-refractivity contribution < 1.29 is 17.5 Å². The number of halogens is 1. The van der Waals surface area contributed by atoms with E-state index in [2.05, 4.69) is 14.7 Å². The topological polar surface area (TPSA) is 81.2 Å². The monoisotopic (exact) mass is 325 g/mol. The summed E-state index contributed by atoms with van der Waals surface area (Å²) in [6.07, 6.45) is 0. The van der Waals surface area contributed by atoms with Gasteiger partial charge in [0.25, 0.3) is 0 Å². The second-order valence-corrected chi connectivity index (χ2v) is 6.47. The third kappa shape index (κ3) is 3.91. The number of hydrogen-bond donors (Lipinski definition) is 1. The Morgan fingerprint density at radius 1 is 1.14 bits per heavy atom. The lowest BCUT2D eigenvalue weighted by molar-refractivity contribution is 0.378. The number of nitrogens with one attached hydrogen (secondary N) is 1. The van der Waals surface area contributed by atoms with E-state index in [1.54, 1.807) is 13.8 Å². The summed E-state index contributed by atoms with van der Waals surface area (Å²) < 4.78 is 44.7. The van der Waals surface area contributed by atoms with Gasteiger partial charge in [0.2, 0.25) is 10.0 Å². The minimum Gasteiger partial charge on any atom is -0.467 e. The van der Waals surface area contributed by atoms with Gasteiger partial charge >= 0.3 is 6.01 Å². The first-order valence-electron chi connectivity index (χ1n) is 6.45. The van der Waals surface area contributed by atoms with Crippen LogP contribution >= 0.6 is 0 Å². The fourth-order valence-electron chi connectivity index (χ4n) is 1.92. The zero-order valence-corrected chi connectivity index (χ0v) is 13.2. The molecule has 22 heavy (non-hydrogen) atoms. The van der Waals surface area contributed by atoms with Gasteiger partial charge in [-0.2, -0.15) is 9.97 Å². The predicted molar refractivity (Wildman–Crippen MR) is 80.7 cm³/mol. The molecule has 0 atom stereocenters. The van der Waals surface area contributed by atoms with Crippen LogP contribution in [0.1, 0.15) is 17.0 Å². The summed E-state index contributed by atoms with van der Waals surface area (Å²) in [5.41, 5.74) is 1.74. The first-order chi connectivity index (χ1) is 10.3. The molecular weight excluding hydrogens is 309 g/mol. The summed E-state index contributed by atoms with van der Waals surface area (Å²) in [7, 11) is -2.22. The molecule has 1 aromatic heterocycles. The van der Waals surface area contributed by atoms with Crippen LogP contribution in [0.5, 0.6) is 6.01 Å². The van der Waals surface area contributed by atoms with Crippen molar-refractivity contribution in [2.24, 2.45) is 0 Å². The van der Waals surface area contributed by atoms with E-state index < -0.39 is 15.8 Å². The Morgan fingerprint density at radius 2 is 1.68 bits per heavy atom. The molecule has 0 saturated carbocycles. The van der Waals surface area contributed by atoms with Crippen LogP contribution in [0, 0.1) is 19.7 Å². The van der Waals surface area contributed by atoms with Crippen molar-refractivity contribution in [3.05, 3.63) is 47.0 Å². The molecule has 2 rings (SSSR count). The van der Waals surface area contributed by atoms with E-state index in [0.29, 0.717) is 22.6 Å². The molecule has 0 spiro atoms. The number of anilines is 1. The Labute approximate surface area is 128 Å². The molecule has 2 aromatic rings. The van der Waals surface area contributed by atoms with Gasteiger partial charge in [-0.25, -0.2) is 12.8 Å². The van der Waals surface area contributed by atoms with Crippen LogP contribution in [-0.4, -0.2) is 25.5 Å².